The van der Waals surface area contributed by atoms with E-state index in [1.165, 1.54) is 31.7 Å². The zero-order chi connectivity index (χ0) is 58.0. The fraction of sp³-hybridized carbons (Fsp3) is 0.579. The van der Waals surface area contributed by atoms with Gasteiger partial charge in [-0.1, -0.05) is 168 Å². The number of aromatic nitrogens is 2. The highest BCUT2D eigenvalue weighted by Gasteiger charge is 2.46. The van der Waals surface area contributed by atoms with Crippen molar-refractivity contribution in [2.75, 3.05) is 25.6 Å². The molecule has 8 N–H and O–H groups in total. The molecule has 0 radical (unpaired) electrons. The van der Waals surface area contributed by atoms with Crippen molar-refractivity contribution in [2.24, 2.45) is 0 Å². The van der Waals surface area contributed by atoms with Crippen molar-refractivity contribution >= 4 is 33.4 Å². The number of nitrogens with two attached hydrogens (primary N) is 1. The second kappa shape index (κ2) is 43.1. The summed E-state index contributed by atoms with van der Waals surface area (Å²) in [5, 5.41) is 41.0. The van der Waals surface area contributed by atoms with Gasteiger partial charge in [0, 0.05) is 19.0 Å². The Hall–Kier alpha value is -4.66. The van der Waals surface area contributed by atoms with Crippen LogP contribution < -0.4 is 11.4 Å². The van der Waals surface area contributed by atoms with Crippen molar-refractivity contribution in [3.63, 3.8) is 0 Å². The number of nitrogens with zero attached hydrogens (tertiary/aromatic N) is 2. The largest absolute Gasteiger partial charge is 0.481 e. The van der Waals surface area contributed by atoms with Crippen molar-refractivity contribution < 1.29 is 76.5 Å². The Morgan fingerprint density at radius 3 is 1.84 bits per heavy atom. The van der Waals surface area contributed by atoms with E-state index in [1.807, 2.05) is 37.3 Å². The monoisotopic (exact) mass is 1150 g/mol. The molecule has 22 heteroatoms. The van der Waals surface area contributed by atoms with Crippen LogP contribution >= 0.6 is 15.6 Å². The molecule has 1 aliphatic heterocycles. The summed E-state index contributed by atoms with van der Waals surface area (Å²) in [7, 11) is -10.9. The van der Waals surface area contributed by atoms with Crippen molar-refractivity contribution in [2.45, 2.75) is 192 Å². The minimum absolute atomic E-state index is 0.00908. The van der Waals surface area contributed by atoms with Crippen LogP contribution in [-0.4, -0.2) is 108 Å². The highest BCUT2D eigenvalue weighted by Crippen LogP contribution is 2.60. The number of carbonyl (C=O) groups excluding carboxylic acids is 2. The number of ether oxygens (including phenoxy) is 3. The van der Waals surface area contributed by atoms with Crippen molar-refractivity contribution in [1.29, 1.82) is 0 Å². The molecule has 0 aromatic carbocycles. The number of anilines is 1. The van der Waals surface area contributed by atoms with E-state index >= 15 is 0 Å². The highest BCUT2D eigenvalue weighted by atomic mass is 31.3. The number of hydrogen-bond donors (Lipinski definition) is 7. The Morgan fingerprint density at radius 1 is 0.684 bits per heavy atom. The number of carbonyl (C=O) groups is 2. The third-order valence-electron chi connectivity index (χ3n) is 11.8. The number of allylic oxidation sites excluding steroid dienone is 14. The molecule has 1 aromatic rings. The first-order valence-electron chi connectivity index (χ1n) is 27.6. The molecule has 0 spiro atoms. The summed E-state index contributed by atoms with van der Waals surface area (Å²) >= 11 is 0. The Labute approximate surface area is 467 Å². The van der Waals surface area contributed by atoms with Crippen LogP contribution in [0, 0.1) is 0 Å². The molecule has 9 atom stereocenters. The molecule has 2 unspecified atom stereocenters. The molecule has 79 heavy (non-hydrogen) atoms. The number of unbranched alkanes of at least 4 members (excludes halogenated alkanes) is 10. The molecule has 1 aliphatic rings. The third-order valence-corrected chi connectivity index (χ3v) is 14.4. The number of rotatable bonds is 44. The van der Waals surface area contributed by atoms with Gasteiger partial charge in [0.05, 0.1) is 25.4 Å². The highest BCUT2D eigenvalue weighted by molar-refractivity contribution is 7.61. The molecule has 0 saturated carbocycles. The van der Waals surface area contributed by atoms with E-state index < -0.39 is 95.9 Å². The first kappa shape index (κ1) is 70.4. The van der Waals surface area contributed by atoms with Crippen LogP contribution in [0.5, 0.6) is 0 Å². The molecule has 1 aromatic heterocycles. The predicted molar refractivity (Wildman–Crippen MR) is 305 cm³/mol. The average Bonchev–Trinajstić information content (AvgIpc) is 3.76. The van der Waals surface area contributed by atoms with Gasteiger partial charge >= 0.3 is 33.3 Å². The lowest BCUT2D eigenvalue weighted by Gasteiger charge is -2.21. The Balaban J connectivity index is 1.84. The summed E-state index contributed by atoms with van der Waals surface area (Å²) in [6, 6.07) is 1.23. The first-order valence-corrected chi connectivity index (χ1v) is 30.6. The Kier molecular flexibility index (Phi) is 38.5. The Morgan fingerprint density at radius 2 is 1.23 bits per heavy atom. The lowest BCUT2D eigenvalue weighted by Crippen LogP contribution is -2.36. The van der Waals surface area contributed by atoms with E-state index in [0.717, 1.165) is 75.0 Å². The number of phosphoric ester groups is 2. The predicted octanol–water partition coefficient (Wildman–Crippen LogP) is 10.1. The number of phosphoric acid groups is 2. The summed E-state index contributed by atoms with van der Waals surface area (Å²) < 4.78 is 56.7. The maximum absolute atomic E-state index is 12.9. The van der Waals surface area contributed by atoms with Crippen LogP contribution in [0.15, 0.2) is 126 Å². The maximum atomic E-state index is 12.9. The van der Waals surface area contributed by atoms with Gasteiger partial charge in [-0.2, -0.15) is 9.29 Å². The summed E-state index contributed by atoms with van der Waals surface area (Å²) in [5.41, 5.74) is 4.57. The molecule has 444 valence electrons. The summed E-state index contributed by atoms with van der Waals surface area (Å²) in [4.78, 5) is 62.1. The number of aliphatic hydroxyl groups excluding tert-OH is 4. The molecule has 1 fully saturated rings. The second-order valence-electron chi connectivity index (χ2n) is 18.7. The molecule has 0 aliphatic carbocycles. The molecule has 0 bridgehead atoms. The van der Waals surface area contributed by atoms with Gasteiger partial charge in [0.1, 0.15) is 30.7 Å². The van der Waals surface area contributed by atoms with Gasteiger partial charge in [-0.05, 0) is 83.1 Å². The smallest absolute Gasteiger partial charge is 0.462 e. The Bertz CT molecular complexity index is 2290. The lowest BCUT2D eigenvalue weighted by atomic mass is 10.1. The average molecular weight is 1150 g/mol. The quantitative estimate of drug-likeness (QED) is 0.0105. The molecule has 2 rings (SSSR count). The normalized spacial score (nSPS) is 20.1. The molecule has 0 amide bonds. The molecular formula is C57H89N3O17P2. The van der Waals surface area contributed by atoms with E-state index in [-0.39, 0.29) is 18.7 Å². The fourth-order valence-electron chi connectivity index (χ4n) is 7.46. The SMILES string of the molecule is CC/C=C\C[C@@H](O)/C=C/C=C\C=C\[C@@H](O)C/C=C\C/C=C\CCC(=O)OC[C@H](COP(=O)(O)OP(=O)(O)OC[C@H]1O[C@@H](n2ccc(N)nc2=O)[C@H](O)[C@@H]1O)OC(=O)CCCCCCCC/C=C\C/C=C\C/C=C\CCCCCC. The number of esters is 2. The van der Waals surface area contributed by atoms with Gasteiger partial charge in [-0.25, -0.2) is 13.9 Å². The van der Waals surface area contributed by atoms with Gasteiger partial charge in [0.25, 0.3) is 0 Å². The van der Waals surface area contributed by atoms with Crippen LogP contribution in [-0.2, 0) is 46.3 Å². The van der Waals surface area contributed by atoms with Gasteiger partial charge < -0.3 is 50.2 Å². The van der Waals surface area contributed by atoms with Crippen molar-refractivity contribution in [1.82, 2.24) is 9.55 Å². The van der Waals surface area contributed by atoms with Crippen molar-refractivity contribution in [3.05, 3.63) is 132 Å². The van der Waals surface area contributed by atoms with Gasteiger partial charge in [-0.3, -0.25) is 23.2 Å². The van der Waals surface area contributed by atoms with E-state index in [2.05, 4.69) is 52.7 Å². The molecular weight excluding hydrogens is 1060 g/mol. The van der Waals surface area contributed by atoms with Crippen LogP contribution in [0.3, 0.4) is 0 Å². The van der Waals surface area contributed by atoms with Crippen LogP contribution in [0.4, 0.5) is 5.82 Å². The lowest BCUT2D eigenvalue weighted by molar-refractivity contribution is -0.161. The van der Waals surface area contributed by atoms with Crippen LogP contribution in [0.1, 0.15) is 155 Å². The minimum Gasteiger partial charge on any atom is -0.462 e. The van der Waals surface area contributed by atoms with E-state index in [1.54, 1.807) is 42.5 Å². The molecule has 1 saturated heterocycles. The summed E-state index contributed by atoms with van der Waals surface area (Å²) in [5.74, 6) is -1.50. The topological polar surface area (TPSA) is 306 Å². The van der Waals surface area contributed by atoms with Crippen molar-refractivity contribution in [3.8, 4) is 0 Å². The van der Waals surface area contributed by atoms with E-state index in [4.69, 9.17) is 29.0 Å². The van der Waals surface area contributed by atoms with Crippen LogP contribution in [0.25, 0.3) is 0 Å². The standard InChI is InChI=1S/C57H89N3O17P2/c1-3-5-7-8-9-10-11-12-13-14-15-16-17-18-19-20-21-22-27-35-41-53(64)75-49(44-72-52(63)40-34-26-24-23-25-31-37-48(62)39-33-29-28-32-38-47(61)36-30-6-4-2)45-73-78(68,69)77-79(70,71)74-46-50-54(65)55(66)56(76-50)60-43-42-51(58)59-57(60)67/h6,10-11,13-14,16-17,24-26,28-33,38-39,42-43,47-50,54-56,61-62,65-66H,3-5,7-9,12,15,18-23,27,34-37,40-41,44-46H2,1-2H3,(H,68,69)(H,70,71)(H2,58,59,67)/b11-10-,14-13-,17-16-,26-24-,29-28-,30-6-,31-25-,38-32+,39-33+/t47-,48+,49-,50-,54-,55-,56-/m1/s1. The number of hydrogen-bond acceptors (Lipinski definition) is 17. The van der Waals surface area contributed by atoms with Gasteiger partial charge in [-0.15, -0.1) is 0 Å². The summed E-state index contributed by atoms with van der Waals surface area (Å²) in [6.07, 6.45) is 43.7. The minimum atomic E-state index is -5.47. The van der Waals surface area contributed by atoms with Crippen LogP contribution in [0.2, 0.25) is 0 Å². The second-order valence-corrected chi connectivity index (χ2v) is 21.8. The number of nitrogen functional groups attached to an aromatic ring is 1. The fourth-order valence-corrected chi connectivity index (χ4v) is 9.57. The van der Waals surface area contributed by atoms with E-state index in [0.29, 0.717) is 32.1 Å². The van der Waals surface area contributed by atoms with Gasteiger partial charge in [0.2, 0.25) is 0 Å². The molecule has 2 heterocycles. The number of aliphatic hydroxyl groups is 4. The zero-order valence-corrected chi connectivity index (χ0v) is 47.9. The third kappa shape index (κ3) is 35.6. The molecule has 20 nitrogen and oxygen atoms in total. The van der Waals surface area contributed by atoms with E-state index in [9.17, 15) is 53.7 Å². The maximum Gasteiger partial charge on any atom is 0.481 e. The first-order chi connectivity index (χ1) is 38.0. The van der Waals surface area contributed by atoms with Gasteiger partial charge in [0.15, 0.2) is 12.3 Å². The summed E-state index contributed by atoms with van der Waals surface area (Å²) in [6.45, 7) is 1.77. The zero-order valence-electron chi connectivity index (χ0n) is 46.1.